The van der Waals surface area contributed by atoms with Crippen LogP contribution < -0.4 is 4.90 Å². The zero-order valence-electron chi connectivity index (χ0n) is 10.4. The molecule has 0 unspecified atom stereocenters. The van der Waals surface area contributed by atoms with E-state index in [-0.39, 0.29) is 17.2 Å². The van der Waals surface area contributed by atoms with E-state index in [0.29, 0.717) is 17.8 Å². The largest absolute Gasteiger partial charge is 0.508 e. The zero-order chi connectivity index (χ0) is 14.3. The lowest BCUT2D eigenvalue weighted by Gasteiger charge is -2.16. The lowest BCUT2D eigenvalue weighted by molar-refractivity contribution is 0.0696. The Labute approximate surface area is 114 Å². The number of carboxylic acid groups (broad SMARTS) is 1. The fourth-order valence-electron chi connectivity index (χ4n) is 2.32. The topological polar surface area (TPSA) is 77.8 Å². The number of carboxylic acids is 1. The van der Waals surface area contributed by atoms with E-state index in [4.69, 9.17) is 5.11 Å². The number of hydrogen-bond acceptors (Lipinski definition) is 3. The minimum atomic E-state index is -1.03. The summed E-state index contributed by atoms with van der Waals surface area (Å²) in [5, 5.41) is 18.4. The van der Waals surface area contributed by atoms with Crippen molar-refractivity contribution in [2.24, 2.45) is 0 Å². The number of amides is 1. The third-order valence-corrected chi connectivity index (χ3v) is 3.30. The van der Waals surface area contributed by atoms with Crippen LogP contribution in [0.1, 0.15) is 26.3 Å². The minimum Gasteiger partial charge on any atom is -0.508 e. The van der Waals surface area contributed by atoms with Gasteiger partial charge in [-0.2, -0.15) is 0 Å². The van der Waals surface area contributed by atoms with Gasteiger partial charge in [0.25, 0.3) is 5.91 Å². The van der Waals surface area contributed by atoms with Crippen LogP contribution in [-0.4, -0.2) is 22.1 Å². The van der Waals surface area contributed by atoms with Crippen LogP contribution >= 0.6 is 0 Å². The molecule has 1 aliphatic heterocycles. The molecule has 0 aliphatic carbocycles. The minimum absolute atomic E-state index is 0.109. The van der Waals surface area contributed by atoms with Crippen molar-refractivity contribution in [2.75, 3.05) is 4.90 Å². The molecular formula is C15H11NO4. The molecule has 5 nitrogen and oxygen atoms in total. The molecular weight excluding hydrogens is 258 g/mol. The highest BCUT2D eigenvalue weighted by Gasteiger charge is 2.28. The van der Waals surface area contributed by atoms with E-state index in [0.717, 1.165) is 5.56 Å². The number of nitrogens with zero attached hydrogens (tertiary/aromatic N) is 1. The molecule has 0 aromatic heterocycles. The highest BCUT2D eigenvalue weighted by molar-refractivity contribution is 6.10. The Morgan fingerprint density at radius 3 is 2.70 bits per heavy atom. The lowest BCUT2D eigenvalue weighted by atomic mass is 10.1. The van der Waals surface area contributed by atoms with Crippen LogP contribution in [0.3, 0.4) is 0 Å². The summed E-state index contributed by atoms with van der Waals surface area (Å²) in [6.07, 6.45) is 0. The zero-order valence-corrected chi connectivity index (χ0v) is 10.4. The summed E-state index contributed by atoms with van der Waals surface area (Å²) in [5.74, 6) is -1.12. The first-order valence-corrected chi connectivity index (χ1v) is 6.03. The predicted molar refractivity (Wildman–Crippen MR) is 72.0 cm³/mol. The smallest absolute Gasteiger partial charge is 0.335 e. The number of carbonyl (C=O) groups is 2. The maximum absolute atomic E-state index is 12.3. The molecule has 20 heavy (non-hydrogen) atoms. The van der Waals surface area contributed by atoms with E-state index in [2.05, 4.69) is 0 Å². The van der Waals surface area contributed by atoms with Gasteiger partial charge in [0.15, 0.2) is 0 Å². The van der Waals surface area contributed by atoms with Gasteiger partial charge in [-0.15, -0.1) is 0 Å². The molecule has 2 aromatic carbocycles. The van der Waals surface area contributed by atoms with Gasteiger partial charge >= 0.3 is 5.97 Å². The number of aromatic carboxylic acids is 1. The van der Waals surface area contributed by atoms with E-state index in [1.54, 1.807) is 24.3 Å². The van der Waals surface area contributed by atoms with E-state index < -0.39 is 5.97 Å². The van der Waals surface area contributed by atoms with Crippen LogP contribution in [0, 0.1) is 0 Å². The fraction of sp³-hybridized carbons (Fsp3) is 0.0667. The molecule has 0 radical (unpaired) electrons. The number of rotatable bonds is 2. The summed E-state index contributed by atoms with van der Waals surface area (Å²) in [6, 6.07) is 10.8. The first kappa shape index (κ1) is 12.2. The van der Waals surface area contributed by atoms with Crippen molar-refractivity contribution in [3.8, 4) is 5.75 Å². The summed E-state index contributed by atoms with van der Waals surface area (Å²) >= 11 is 0. The van der Waals surface area contributed by atoms with Gasteiger partial charge in [0, 0.05) is 11.3 Å². The standard InChI is InChI=1S/C15H11NO4/c17-12-4-5-13-10(7-12)8-16(14(13)18)11-3-1-2-9(6-11)15(19)20/h1-7,17H,8H2,(H,19,20). The number of anilines is 1. The van der Waals surface area contributed by atoms with Gasteiger partial charge < -0.3 is 15.1 Å². The number of carbonyl (C=O) groups excluding carboxylic acids is 1. The molecule has 1 heterocycles. The Kier molecular flexibility index (Phi) is 2.68. The second-order valence-electron chi connectivity index (χ2n) is 4.59. The number of phenols is 1. The number of aromatic hydroxyl groups is 1. The molecule has 0 saturated heterocycles. The Morgan fingerprint density at radius 1 is 1.15 bits per heavy atom. The second-order valence-corrected chi connectivity index (χ2v) is 4.59. The van der Waals surface area contributed by atoms with E-state index >= 15 is 0 Å². The predicted octanol–water partition coefficient (Wildman–Crippen LogP) is 2.25. The van der Waals surface area contributed by atoms with Gasteiger partial charge in [-0.25, -0.2) is 4.79 Å². The molecule has 2 aromatic rings. The fourth-order valence-corrected chi connectivity index (χ4v) is 2.32. The van der Waals surface area contributed by atoms with Crippen LogP contribution in [0.15, 0.2) is 42.5 Å². The molecule has 2 N–H and O–H groups in total. The lowest BCUT2D eigenvalue weighted by Crippen LogP contribution is -2.23. The van der Waals surface area contributed by atoms with Crippen molar-refractivity contribution in [2.45, 2.75) is 6.54 Å². The molecule has 0 fully saturated rings. The van der Waals surface area contributed by atoms with Crippen LogP contribution in [-0.2, 0) is 6.54 Å². The molecule has 0 atom stereocenters. The quantitative estimate of drug-likeness (QED) is 0.876. The highest BCUT2D eigenvalue weighted by atomic mass is 16.4. The first-order chi connectivity index (χ1) is 9.56. The molecule has 0 spiro atoms. The van der Waals surface area contributed by atoms with Crippen molar-refractivity contribution < 1.29 is 19.8 Å². The summed E-state index contributed by atoms with van der Waals surface area (Å²) in [4.78, 5) is 24.8. The Bertz CT molecular complexity index is 724. The van der Waals surface area contributed by atoms with Crippen molar-refractivity contribution in [1.82, 2.24) is 0 Å². The van der Waals surface area contributed by atoms with Gasteiger partial charge in [-0.1, -0.05) is 6.07 Å². The normalized spacial score (nSPS) is 13.4. The van der Waals surface area contributed by atoms with Crippen LogP contribution in [0.5, 0.6) is 5.75 Å². The third kappa shape index (κ3) is 1.89. The van der Waals surface area contributed by atoms with Crippen molar-refractivity contribution in [3.63, 3.8) is 0 Å². The number of fused-ring (bicyclic) bond motifs is 1. The van der Waals surface area contributed by atoms with Crippen molar-refractivity contribution >= 4 is 17.6 Å². The van der Waals surface area contributed by atoms with Crippen LogP contribution in [0.4, 0.5) is 5.69 Å². The van der Waals surface area contributed by atoms with E-state index in [9.17, 15) is 14.7 Å². The molecule has 0 saturated carbocycles. The SMILES string of the molecule is O=C(O)c1cccc(N2Cc3cc(O)ccc3C2=O)c1. The number of phenolic OH excluding ortho intramolecular Hbond substituents is 1. The molecule has 3 rings (SSSR count). The summed E-state index contributed by atoms with van der Waals surface area (Å²) in [5.41, 5.74) is 1.93. The Morgan fingerprint density at radius 2 is 1.95 bits per heavy atom. The van der Waals surface area contributed by atoms with Crippen molar-refractivity contribution in [1.29, 1.82) is 0 Å². The molecule has 0 bridgehead atoms. The van der Waals surface area contributed by atoms with Crippen LogP contribution in [0.25, 0.3) is 0 Å². The molecule has 1 amide bonds. The second kappa shape index (κ2) is 4.38. The number of hydrogen-bond donors (Lipinski definition) is 2. The maximum Gasteiger partial charge on any atom is 0.335 e. The van der Waals surface area contributed by atoms with Gasteiger partial charge in [-0.3, -0.25) is 4.79 Å². The van der Waals surface area contributed by atoms with Crippen molar-refractivity contribution in [3.05, 3.63) is 59.2 Å². The van der Waals surface area contributed by atoms with Gasteiger partial charge in [0.1, 0.15) is 5.75 Å². The summed E-state index contributed by atoms with van der Waals surface area (Å²) in [6.45, 7) is 0.325. The van der Waals surface area contributed by atoms with Gasteiger partial charge in [0.05, 0.1) is 12.1 Å². The molecule has 100 valence electrons. The number of benzene rings is 2. The van der Waals surface area contributed by atoms with E-state index in [1.165, 1.54) is 23.1 Å². The molecule has 5 heteroatoms. The van der Waals surface area contributed by atoms with E-state index in [1.807, 2.05) is 0 Å². The van der Waals surface area contributed by atoms with Crippen LogP contribution in [0.2, 0.25) is 0 Å². The highest BCUT2D eigenvalue weighted by Crippen LogP contribution is 2.30. The summed E-state index contributed by atoms with van der Waals surface area (Å²) < 4.78 is 0. The maximum atomic E-state index is 12.3. The average Bonchev–Trinajstić information content (AvgIpc) is 2.75. The monoisotopic (exact) mass is 269 g/mol. The summed E-state index contributed by atoms with van der Waals surface area (Å²) in [7, 11) is 0. The Hall–Kier alpha value is -2.82. The van der Waals surface area contributed by atoms with Gasteiger partial charge in [0.2, 0.25) is 0 Å². The Balaban J connectivity index is 2.00. The average molecular weight is 269 g/mol. The van der Waals surface area contributed by atoms with Gasteiger partial charge in [-0.05, 0) is 42.0 Å². The third-order valence-electron chi connectivity index (χ3n) is 3.30. The first-order valence-electron chi connectivity index (χ1n) is 6.03. The molecule has 1 aliphatic rings.